The molecule has 0 spiro atoms. The zero-order chi connectivity index (χ0) is 35.5. The van der Waals surface area contributed by atoms with Crippen molar-refractivity contribution in [3.05, 3.63) is 70.3 Å². The maximum atomic E-state index is 16.5. The second-order valence-corrected chi connectivity index (χ2v) is 14.8. The third-order valence-corrected chi connectivity index (χ3v) is 11.5. The molecule has 0 bridgehead atoms. The molecule has 0 radical (unpaired) electrons. The van der Waals surface area contributed by atoms with Crippen LogP contribution in [0.15, 0.2) is 57.9 Å². The summed E-state index contributed by atoms with van der Waals surface area (Å²) >= 11 is 0. The number of likely N-dealkylation sites (tertiary alicyclic amines) is 2. The smallest absolute Gasteiger partial charge is 0.259 e. The van der Waals surface area contributed by atoms with Gasteiger partial charge in [-0.3, -0.25) is 14.4 Å². The Morgan fingerprint density at radius 2 is 1.77 bits per heavy atom. The molecule has 12 heteroatoms. The number of para-hydroxylation sites is 1. The fourth-order valence-corrected chi connectivity index (χ4v) is 8.71. The molecule has 11 nitrogen and oxygen atoms in total. The first-order valence-electron chi connectivity index (χ1n) is 18.6. The number of benzene rings is 3. The number of furan rings is 1. The number of anilines is 1. The van der Waals surface area contributed by atoms with E-state index in [1.165, 1.54) is 18.9 Å². The number of nitrogens with zero attached hydrogens (tertiary/aromatic N) is 4. The number of aromatic nitrogens is 1. The molecule has 1 unspecified atom stereocenters. The number of hydrogen-bond donors (Lipinski definition) is 2. The van der Waals surface area contributed by atoms with Crippen LogP contribution in [0, 0.1) is 5.82 Å². The Kier molecular flexibility index (Phi) is 9.36. The van der Waals surface area contributed by atoms with Crippen molar-refractivity contribution in [2.24, 2.45) is 0 Å². The summed E-state index contributed by atoms with van der Waals surface area (Å²) in [6, 6.07) is 13.1. The third-order valence-electron chi connectivity index (χ3n) is 11.5. The monoisotopic (exact) mass is 722 g/mol. The number of halogens is 1. The second-order valence-electron chi connectivity index (χ2n) is 14.8. The van der Waals surface area contributed by atoms with Crippen LogP contribution in [0.3, 0.4) is 0 Å². The highest BCUT2D eigenvalue weighted by Gasteiger charge is 2.35. The molecule has 3 fully saturated rings. The Hall–Kier alpha value is -4.94. The highest BCUT2D eigenvalue weighted by atomic mass is 19.1. The van der Waals surface area contributed by atoms with Crippen LogP contribution in [0.5, 0.6) is 11.5 Å². The van der Waals surface area contributed by atoms with Crippen LogP contribution in [0.1, 0.15) is 62.7 Å². The number of fused-ring (bicyclic) bond motifs is 5. The van der Waals surface area contributed by atoms with Gasteiger partial charge in [0, 0.05) is 61.3 Å². The first-order valence-corrected chi connectivity index (χ1v) is 18.6. The first-order chi connectivity index (χ1) is 25.3. The maximum Gasteiger partial charge on any atom is 0.259 e. The van der Waals surface area contributed by atoms with Gasteiger partial charge in [0.1, 0.15) is 27.9 Å². The van der Waals surface area contributed by atoms with Crippen LogP contribution in [-0.2, 0) is 4.79 Å². The summed E-state index contributed by atoms with van der Waals surface area (Å²) < 4.78 is 31.1. The molecule has 53 heavy (non-hydrogen) atoms. The van der Waals surface area contributed by atoms with Crippen LogP contribution >= 0.6 is 0 Å². The Balaban J connectivity index is 0.00000400. The summed E-state index contributed by atoms with van der Waals surface area (Å²) in [6.07, 6.45) is 8.44. The summed E-state index contributed by atoms with van der Waals surface area (Å²) in [4.78, 5) is 46.8. The van der Waals surface area contributed by atoms with Crippen molar-refractivity contribution in [3.63, 3.8) is 0 Å². The number of hydrogen-bond acceptors (Lipinski definition) is 8. The van der Waals surface area contributed by atoms with Crippen LogP contribution in [0.25, 0.3) is 38.5 Å². The zero-order valence-corrected chi connectivity index (χ0v) is 29.4. The van der Waals surface area contributed by atoms with Gasteiger partial charge in [-0.1, -0.05) is 25.6 Å². The quantitative estimate of drug-likeness (QED) is 0.180. The molecular formula is C41H47FN6O5. The Morgan fingerprint density at radius 1 is 0.943 bits per heavy atom. The number of carbonyl (C=O) groups is 2. The molecule has 278 valence electrons. The van der Waals surface area contributed by atoms with Crippen molar-refractivity contribution >= 4 is 50.3 Å². The molecule has 9 rings (SSSR count). The van der Waals surface area contributed by atoms with Gasteiger partial charge in [-0.2, -0.15) is 0 Å². The van der Waals surface area contributed by atoms with Crippen molar-refractivity contribution in [2.45, 2.75) is 64.5 Å². The van der Waals surface area contributed by atoms with Crippen molar-refractivity contribution in [1.82, 2.24) is 25.0 Å². The topological polar surface area (TPSA) is 112 Å². The first kappa shape index (κ1) is 35.1. The van der Waals surface area contributed by atoms with Crippen LogP contribution in [0.2, 0.25) is 0 Å². The van der Waals surface area contributed by atoms with E-state index in [9.17, 15) is 14.4 Å². The number of amides is 2. The fourth-order valence-electron chi connectivity index (χ4n) is 8.71. The number of piperidine rings is 1. The van der Waals surface area contributed by atoms with Crippen molar-refractivity contribution in [1.29, 1.82) is 0 Å². The Morgan fingerprint density at radius 3 is 2.58 bits per heavy atom. The summed E-state index contributed by atoms with van der Waals surface area (Å²) in [6.45, 7) is 4.15. The minimum absolute atomic E-state index is 0. The van der Waals surface area contributed by atoms with Crippen LogP contribution in [0.4, 0.5) is 10.1 Å². The summed E-state index contributed by atoms with van der Waals surface area (Å²) in [5, 5.41) is 8.23. The van der Waals surface area contributed by atoms with E-state index in [0.717, 1.165) is 55.1 Å². The molecule has 5 aromatic rings. The van der Waals surface area contributed by atoms with E-state index in [1.807, 2.05) is 41.3 Å². The third kappa shape index (κ3) is 6.21. The lowest BCUT2D eigenvalue weighted by Crippen LogP contribution is -2.42. The van der Waals surface area contributed by atoms with Gasteiger partial charge in [0.25, 0.3) is 5.91 Å². The van der Waals surface area contributed by atoms with Gasteiger partial charge in [-0.15, -0.1) is 0 Å². The van der Waals surface area contributed by atoms with E-state index in [4.69, 9.17) is 9.15 Å². The summed E-state index contributed by atoms with van der Waals surface area (Å²) in [5.74, 6) is -0.378. The van der Waals surface area contributed by atoms with Gasteiger partial charge in [0.05, 0.1) is 17.6 Å². The molecule has 3 aromatic carbocycles. The molecule has 2 aromatic heterocycles. The molecule has 0 saturated carbocycles. The molecule has 2 amide bonds. The molecule has 0 aliphatic carbocycles. The van der Waals surface area contributed by atoms with Crippen LogP contribution in [-0.4, -0.2) is 91.1 Å². The lowest BCUT2D eigenvalue weighted by Gasteiger charge is -2.30. The molecule has 2 atom stereocenters. The summed E-state index contributed by atoms with van der Waals surface area (Å²) in [7, 11) is 2.15. The normalized spacial score (nSPS) is 19.8. The molecular weight excluding hydrogens is 675 g/mol. The van der Waals surface area contributed by atoms with Gasteiger partial charge in [-0.25, -0.2) is 4.39 Å². The van der Waals surface area contributed by atoms with E-state index in [0.29, 0.717) is 61.2 Å². The van der Waals surface area contributed by atoms with Crippen LogP contribution < -0.4 is 25.7 Å². The van der Waals surface area contributed by atoms with E-state index < -0.39 is 11.2 Å². The largest absolute Gasteiger partial charge is 0.456 e. The number of rotatable bonds is 8. The molecule has 2 N–H and O–H groups in total. The van der Waals surface area contributed by atoms with E-state index in [1.54, 1.807) is 15.7 Å². The number of carbonyl (C=O) groups excluding carboxylic acids is 2. The molecule has 4 aliphatic rings. The second kappa shape index (κ2) is 14.1. The number of nitrogens with one attached hydrogen (secondary N) is 2. The van der Waals surface area contributed by atoms with Gasteiger partial charge in [-0.05, 0) is 83.3 Å². The lowest BCUT2D eigenvalue weighted by molar-refractivity contribution is -0.120. The van der Waals surface area contributed by atoms with Gasteiger partial charge < -0.3 is 39.1 Å². The molecule has 6 heterocycles. The number of pyridine rings is 1. The van der Waals surface area contributed by atoms with Crippen molar-refractivity contribution in [2.75, 3.05) is 57.8 Å². The highest BCUT2D eigenvalue weighted by molar-refractivity contribution is 6.07. The standard InChI is InChI=1S/C40H43FN6O5.CH4/c1-44-14-7-8-25(44)11-13-42-21-35(48)43-24-12-17-46(22-24)37-30(41)18-28-36-39(37)52-34-19-27-26-9-3-4-10-32(26)51-33(27)20-31(34)47(36)23-29(38(28)49)40(50)45-15-5-2-6-16-45;/h3-4,9-10,18-20,23-25,42H,2,5-8,11-17,21-22H2,1H3,(H,43,48);1H4/t24-,25?;/m1./s1. The fraction of sp³-hybridized carbons (Fsp3) is 0.439. The summed E-state index contributed by atoms with van der Waals surface area (Å²) in [5.41, 5.74) is 2.04. The van der Waals surface area contributed by atoms with E-state index in [2.05, 4.69) is 22.6 Å². The van der Waals surface area contributed by atoms with Gasteiger partial charge >= 0.3 is 0 Å². The predicted molar refractivity (Wildman–Crippen MR) is 205 cm³/mol. The zero-order valence-electron chi connectivity index (χ0n) is 29.4. The average Bonchev–Trinajstić information content (AvgIpc) is 3.88. The predicted octanol–water partition coefficient (Wildman–Crippen LogP) is 6.17. The number of ether oxygens (including phenoxy) is 1. The van der Waals surface area contributed by atoms with Gasteiger partial charge in [0.15, 0.2) is 17.3 Å². The highest BCUT2D eigenvalue weighted by Crippen LogP contribution is 2.49. The molecule has 3 saturated heterocycles. The minimum Gasteiger partial charge on any atom is -0.456 e. The van der Waals surface area contributed by atoms with Crippen molar-refractivity contribution < 1.29 is 23.1 Å². The molecule has 4 aliphatic heterocycles. The van der Waals surface area contributed by atoms with Crippen molar-refractivity contribution in [3.8, 4) is 17.2 Å². The van der Waals surface area contributed by atoms with E-state index >= 15 is 4.39 Å². The Labute approximate surface area is 307 Å². The van der Waals surface area contributed by atoms with Gasteiger partial charge in [0.2, 0.25) is 11.3 Å². The van der Waals surface area contributed by atoms with E-state index in [-0.39, 0.29) is 54.2 Å². The SMILES string of the molecule is C.CN1CCCC1CCNCC(=O)N[C@@H]1CCN(c2c(F)cc3c(=O)c(C(=O)N4CCCCC4)cn4c3c2Oc2cc3c(cc2-4)oc2ccccc23)C1. The lowest BCUT2D eigenvalue weighted by atomic mass is 10.0. The minimum atomic E-state index is -0.613. The maximum absolute atomic E-state index is 16.5. The Bertz CT molecular complexity index is 2290. The average molecular weight is 723 g/mol.